The van der Waals surface area contributed by atoms with E-state index in [0.29, 0.717) is 23.4 Å². The number of amides is 2. The smallest absolute Gasteiger partial charge is 0.337 e. The van der Waals surface area contributed by atoms with E-state index in [4.69, 9.17) is 4.74 Å². The molecule has 0 fully saturated rings. The Bertz CT molecular complexity index is 1070. The Kier molecular flexibility index (Phi) is 6.58. The van der Waals surface area contributed by atoms with Gasteiger partial charge in [0, 0.05) is 35.8 Å². The average molecular weight is 385 g/mol. The van der Waals surface area contributed by atoms with Gasteiger partial charge >= 0.3 is 12.0 Å². The maximum atomic E-state index is 12.1. The van der Waals surface area contributed by atoms with Crippen LogP contribution in [0.2, 0.25) is 0 Å². The fourth-order valence-electron chi connectivity index (χ4n) is 2.52. The van der Waals surface area contributed by atoms with Crippen molar-refractivity contribution in [2.75, 3.05) is 12.4 Å². The van der Waals surface area contributed by atoms with Crippen LogP contribution in [0.4, 0.5) is 10.5 Å². The molecule has 0 saturated carbocycles. The Labute approximate surface area is 168 Å². The van der Waals surface area contributed by atoms with Gasteiger partial charge in [0.15, 0.2) is 0 Å². The second-order valence-electron chi connectivity index (χ2n) is 6.07. The maximum Gasteiger partial charge on any atom is 0.337 e. The Morgan fingerprint density at radius 2 is 1.76 bits per heavy atom. The predicted octanol–water partition coefficient (Wildman–Crippen LogP) is 3.59. The Morgan fingerprint density at radius 3 is 2.48 bits per heavy atom. The van der Waals surface area contributed by atoms with Crippen LogP contribution in [0.1, 0.15) is 27.0 Å². The monoisotopic (exact) mass is 385 g/mol. The van der Waals surface area contributed by atoms with Crippen LogP contribution < -0.4 is 10.6 Å². The van der Waals surface area contributed by atoms with Crippen molar-refractivity contribution in [3.8, 4) is 11.8 Å². The van der Waals surface area contributed by atoms with Crippen LogP contribution >= 0.6 is 0 Å². The number of pyridine rings is 1. The Morgan fingerprint density at radius 1 is 1.00 bits per heavy atom. The quantitative estimate of drug-likeness (QED) is 0.531. The summed E-state index contributed by atoms with van der Waals surface area (Å²) in [5, 5.41) is 5.56. The molecule has 0 unspecified atom stereocenters. The third-order valence-electron chi connectivity index (χ3n) is 3.93. The van der Waals surface area contributed by atoms with Gasteiger partial charge in [-0.1, -0.05) is 30.0 Å². The largest absolute Gasteiger partial charge is 0.465 e. The van der Waals surface area contributed by atoms with E-state index in [0.717, 1.165) is 11.1 Å². The lowest BCUT2D eigenvalue weighted by Gasteiger charge is -2.07. The standard InChI is InChI=1S/C23H19N3O3/c1-29-22(27)20-8-2-5-17(13-20)10-11-18-6-3-9-21(14-18)26-23(28)25-16-19-7-4-12-24-15-19/h2-9,12-15H,16H2,1H3,(H2,25,26,28). The lowest BCUT2D eigenvalue weighted by Crippen LogP contribution is -2.28. The summed E-state index contributed by atoms with van der Waals surface area (Å²) in [5.74, 6) is 5.64. The minimum atomic E-state index is -0.405. The molecule has 2 amide bonds. The van der Waals surface area contributed by atoms with Crippen molar-refractivity contribution in [2.24, 2.45) is 0 Å². The summed E-state index contributed by atoms with van der Waals surface area (Å²) in [6.45, 7) is 0.385. The second-order valence-corrected chi connectivity index (χ2v) is 6.07. The summed E-state index contributed by atoms with van der Waals surface area (Å²) in [4.78, 5) is 27.7. The van der Waals surface area contributed by atoms with E-state index in [9.17, 15) is 9.59 Å². The number of esters is 1. The van der Waals surface area contributed by atoms with E-state index in [1.165, 1.54) is 7.11 Å². The van der Waals surface area contributed by atoms with Crippen LogP contribution in [0, 0.1) is 11.8 Å². The second kappa shape index (κ2) is 9.72. The number of methoxy groups -OCH3 is 1. The average Bonchev–Trinajstić information content (AvgIpc) is 2.77. The Balaban J connectivity index is 1.64. The van der Waals surface area contributed by atoms with Crippen molar-refractivity contribution in [3.63, 3.8) is 0 Å². The van der Waals surface area contributed by atoms with E-state index >= 15 is 0 Å². The van der Waals surface area contributed by atoms with Crippen LogP contribution in [0.3, 0.4) is 0 Å². The fraction of sp³-hybridized carbons (Fsp3) is 0.0870. The zero-order valence-corrected chi connectivity index (χ0v) is 15.8. The van der Waals surface area contributed by atoms with Crippen LogP contribution in [0.25, 0.3) is 0 Å². The molecule has 2 aromatic carbocycles. The van der Waals surface area contributed by atoms with Gasteiger partial charge in [0.1, 0.15) is 0 Å². The molecule has 0 saturated heterocycles. The Hall–Kier alpha value is -4.11. The van der Waals surface area contributed by atoms with Gasteiger partial charge in [-0.05, 0) is 48.0 Å². The molecular formula is C23H19N3O3. The fourth-order valence-corrected chi connectivity index (χ4v) is 2.52. The summed E-state index contributed by atoms with van der Waals surface area (Å²) in [5.41, 5.74) is 3.42. The molecule has 29 heavy (non-hydrogen) atoms. The number of urea groups is 1. The third kappa shape index (κ3) is 5.94. The van der Waals surface area contributed by atoms with Gasteiger partial charge in [0.25, 0.3) is 0 Å². The highest BCUT2D eigenvalue weighted by atomic mass is 16.5. The number of anilines is 1. The third-order valence-corrected chi connectivity index (χ3v) is 3.93. The zero-order valence-electron chi connectivity index (χ0n) is 15.8. The molecule has 0 atom stereocenters. The molecule has 0 radical (unpaired) electrons. The van der Waals surface area contributed by atoms with Crippen LogP contribution in [0.15, 0.2) is 73.1 Å². The maximum absolute atomic E-state index is 12.1. The number of rotatable bonds is 4. The first-order chi connectivity index (χ1) is 14.1. The van der Waals surface area contributed by atoms with Crippen molar-refractivity contribution in [2.45, 2.75) is 6.54 Å². The molecule has 1 heterocycles. The number of carbonyl (C=O) groups is 2. The summed E-state index contributed by atoms with van der Waals surface area (Å²) in [6, 6.07) is 17.5. The molecule has 0 aliphatic rings. The molecular weight excluding hydrogens is 366 g/mol. The van der Waals surface area contributed by atoms with E-state index in [2.05, 4.69) is 27.5 Å². The van der Waals surface area contributed by atoms with Gasteiger partial charge in [-0.3, -0.25) is 4.98 Å². The number of ether oxygens (including phenoxy) is 1. The topological polar surface area (TPSA) is 80.3 Å². The highest BCUT2D eigenvalue weighted by Crippen LogP contribution is 2.11. The molecule has 0 spiro atoms. The van der Waals surface area contributed by atoms with Crippen molar-refractivity contribution in [1.29, 1.82) is 0 Å². The van der Waals surface area contributed by atoms with Gasteiger partial charge in [-0.25, -0.2) is 9.59 Å². The van der Waals surface area contributed by atoms with Gasteiger partial charge in [-0.15, -0.1) is 0 Å². The highest BCUT2D eigenvalue weighted by Gasteiger charge is 2.05. The minimum absolute atomic E-state index is 0.315. The SMILES string of the molecule is COC(=O)c1cccc(C#Cc2cccc(NC(=O)NCc3cccnc3)c2)c1. The molecule has 0 aliphatic heterocycles. The number of nitrogens with one attached hydrogen (secondary N) is 2. The molecule has 0 aliphatic carbocycles. The molecule has 2 N–H and O–H groups in total. The number of nitrogens with zero attached hydrogens (tertiary/aromatic N) is 1. The normalized spacial score (nSPS) is 9.69. The minimum Gasteiger partial charge on any atom is -0.465 e. The van der Waals surface area contributed by atoms with Crippen LogP contribution in [-0.4, -0.2) is 24.1 Å². The summed E-state index contributed by atoms with van der Waals surface area (Å²) < 4.78 is 4.72. The van der Waals surface area contributed by atoms with E-state index in [-0.39, 0.29) is 6.03 Å². The van der Waals surface area contributed by atoms with Gasteiger partial charge in [-0.2, -0.15) is 0 Å². The van der Waals surface area contributed by atoms with E-state index in [1.54, 1.807) is 42.7 Å². The number of carbonyl (C=O) groups excluding carboxylic acids is 2. The lowest BCUT2D eigenvalue weighted by atomic mass is 10.1. The summed E-state index contributed by atoms with van der Waals surface area (Å²) >= 11 is 0. The lowest BCUT2D eigenvalue weighted by molar-refractivity contribution is 0.0600. The molecule has 144 valence electrons. The summed E-state index contributed by atoms with van der Waals surface area (Å²) in [7, 11) is 1.34. The number of aromatic nitrogens is 1. The predicted molar refractivity (Wildman–Crippen MR) is 110 cm³/mol. The highest BCUT2D eigenvalue weighted by molar-refractivity contribution is 5.90. The van der Waals surface area contributed by atoms with E-state index < -0.39 is 5.97 Å². The molecule has 1 aromatic heterocycles. The molecule has 3 rings (SSSR count). The summed E-state index contributed by atoms with van der Waals surface area (Å²) in [6.07, 6.45) is 3.38. The van der Waals surface area contributed by atoms with Gasteiger partial charge in [0.05, 0.1) is 12.7 Å². The first kappa shape index (κ1) is 19.6. The van der Waals surface area contributed by atoms with Crippen molar-refractivity contribution in [3.05, 3.63) is 95.3 Å². The van der Waals surface area contributed by atoms with Crippen molar-refractivity contribution >= 4 is 17.7 Å². The number of hydrogen-bond acceptors (Lipinski definition) is 4. The van der Waals surface area contributed by atoms with E-state index in [1.807, 2.05) is 30.3 Å². The molecule has 6 heteroatoms. The van der Waals surface area contributed by atoms with Crippen LogP contribution in [0.5, 0.6) is 0 Å². The van der Waals surface area contributed by atoms with Gasteiger partial charge < -0.3 is 15.4 Å². The van der Waals surface area contributed by atoms with Crippen LogP contribution in [-0.2, 0) is 11.3 Å². The first-order valence-electron chi connectivity index (χ1n) is 8.88. The zero-order chi connectivity index (χ0) is 20.5. The van der Waals surface area contributed by atoms with Crippen molar-refractivity contribution in [1.82, 2.24) is 10.3 Å². The van der Waals surface area contributed by atoms with Gasteiger partial charge in [0.2, 0.25) is 0 Å². The molecule has 3 aromatic rings. The van der Waals surface area contributed by atoms with Crippen molar-refractivity contribution < 1.29 is 14.3 Å². The molecule has 0 bridgehead atoms. The molecule has 6 nitrogen and oxygen atoms in total. The number of hydrogen-bond donors (Lipinski definition) is 2. The number of benzene rings is 2. The first-order valence-corrected chi connectivity index (χ1v) is 8.88.